The van der Waals surface area contributed by atoms with Gasteiger partial charge in [0.2, 0.25) is 0 Å². The van der Waals surface area contributed by atoms with E-state index in [9.17, 15) is 0 Å². The van der Waals surface area contributed by atoms with Crippen molar-refractivity contribution >= 4 is 11.0 Å². The number of nitrogens with one attached hydrogen (secondary N) is 1. The molecule has 0 saturated heterocycles. The van der Waals surface area contributed by atoms with Gasteiger partial charge in [-0.3, -0.25) is 0 Å². The lowest BCUT2D eigenvalue weighted by Gasteiger charge is -2.01. The molecular weight excluding hydrogens is 214 g/mol. The lowest BCUT2D eigenvalue weighted by Crippen LogP contribution is -2.11. The van der Waals surface area contributed by atoms with Crippen molar-refractivity contribution in [2.24, 2.45) is 0 Å². The first kappa shape index (κ1) is 12.0. The third kappa shape index (κ3) is 2.15. The van der Waals surface area contributed by atoms with Gasteiger partial charge in [0, 0.05) is 5.39 Å². The summed E-state index contributed by atoms with van der Waals surface area (Å²) in [5.41, 5.74) is 3.24. The van der Waals surface area contributed by atoms with Crippen molar-refractivity contribution in [1.82, 2.24) is 5.32 Å². The summed E-state index contributed by atoms with van der Waals surface area (Å²) in [5, 5.41) is 4.43. The van der Waals surface area contributed by atoms with Crippen LogP contribution in [0.3, 0.4) is 0 Å². The number of furan rings is 1. The number of methoxy groups -OCH3 is 1. The van der Waals surface area contributed by atoms with Crippen LogP contribution in [0.25, 0.3) is 11.0 Å². The zero-order valence-corrected chi connectivity index (χ0v) is 10.9. The number of ether oxygens (including phenoxy) is 1. The highest BCUT2D eigenvalue weighted by atomic mass is 16.5. The molecule has 1 aromatic heterocycles. The minimum Gasteiger partial charge on any atom is -0.493 e. The van der Waals surface area contributed by atoms with Crippen molar-refractivity contribution in [3.8, 4) is 5.75 Å². The largest absolute Gasteiger partial charge is 0.493 e. The molecule has 3 heteroatoms. The molecule has 0 aliphatic rings. The highest BCUT2D eigenvalue weighted by molar-refractivity contribution is 5.87. The molecule has 92 valence electrons. The Kier molecular flexibility index (Phi) is 3.38. The lowest BCUT2D eigenvalue weighted by atomic mass is 10.1. The van der Waals surface area contributed by atoms with E-state index in [0.717, 1.165) is 35.6 Å². The summed E-state index contributed by atoms with van der Waals surface area (Å²) in [7, 11) is 1.68. The van der Waals surface area contributed by atoms with Gasteiger partial charge in [-0.2, -0.15) is 0 Å². The van der Waals surface area contributed by atoms with Crippen molar-refractivity contribution in [2.45, 2.75) is 27.3 Å². The molecule has 0 aliphatic heterocycles. The predicted octanol–water partition coefficient (Wildman–Crippen LogP) is 3.17. The zero-order chi connectivity index (χ0) is 12.4. The summed E-state index contributed by atoms with van der Waals surface area (Å²) in [6, 6.07) is 4.15. The Morgan fingerprint density at radius 1 is 1.29 bits per heavy atom. The van der Waals surface area contributed by atoms with Gasteiger partial charge >= 0.3 is 0 Å². The van der Waals surface area contributed by atoms with Gasteiger partial charge in [0.15, 0.2) is 11.3 Å². The van der Waals surface area contributed by atoms with Crippen LogP contribution in [0.1, 0.15) is 23.8 Å². The van der Waals surface area contributed by atoms with Crippen molar-refractivity contribution in [2.75, 3.05) is 13.7 Å². The molecule has 2 aromatic rings. The smallest absolute Gasteiger partial charge is 0.176 e. The first-order valence-corrected chi connectivity index (χ1v) is 5.94. The number of fused-ring (bicyclic) bond motifs is 1. The van der Waals surface area contributed by atoms with Crippen molar-refractivity contribution < 1.29 is 9.15 Å². The highest BCUT2D eigenvalue weighted by Gasteiger charge is 2.14. The maximum absolute atomic E-state index is 5.89. The molecule has 1 N–H and O–H groups in total. The van der Waals surface area contributed by atoms with Gasteiger partial charge in [-0.05, 0) is 43.7 Å². The van der Waals surface area contributed by atoms with Gasteiger partial charge < -0.3 is 14.5 Å². The van der Waals surface area contributed by atoms with E-state index in [2.05, 4.69) is 32.2 Å². The number of hydrogen-bond acceptors (Lipinski definition) is 3. The monoisotopic (exact) mass is 233 g/mol. The molecule has 1 heterocycles. The molecule has 0 unspecified atom stereocenters. The van der Waals surface area contributed by atoms with Gasteiger partial charge in [-0.1, -0.05) is 6.92 Å². The molecule has 2 rings (SSSR count). The Morgan fingerprint density at radius 2 is 2.06 bits per heavy atom. The summed E-state index contributed by atoms with van der Waals surface area (Å²) in [5.74, 6) is 1.80. The van der Waals surface area contributed by atoms with Crippen LogP contribution >= 0.6 is 0 Å². The molecule has 1 aromatic carbocycles. The molecule has 3 nitrogen and oxygen atoms in total. The van der Waals surface area contributed by atoms with E-state index in [0.29, 0.717) is 0 Å². The highest BCUT2D eigenvalue weighted by Crippen LogP contribution is 2.33. The average molecular weight is 233 g/mol. The fourth-order valence-electron chi connectivity index (χ4n) is 2.03. The molecule has 17 heavy (non-hydrogen) atoms. The second kappa shape index (κ2) is 4.80. The van der Waals surface area contributed by atoms with Crippen LogP contribution < -0.4 is 10.1 Å². The minimum atomic E-state index is 0.763. The average Bonchev–Trinajstić information content (AvgIpc) is 2.63. The Labute approximate surface area is 102 Å². The fraction of sp³-hybridized carbons (Fsp3) is 0.429. The fourth-order valence-corrected chi connectivity index (χ4v) is 2.03. The van der Waals surface area contributed by atoms with Gasteiger partial charge in [-0.15, -0.1) is 0 Å². The predicted molar refractivity (Wildman–Crippen MR) is 69.6 cm³/mol. The second-order valence-corrected chi connectivity index (χ2v) is 4.27. The van der Waals surface area contributed by atoms with Crippen LogP contribution in [0.4, 0.5) is 0 Å². The first-order chi connectivity index (χ1) is 8.17. The van der Waals surface area contributed by atoms with Crippen LogP contribution in [0.2, 0.25) is 0 Å². The van der Waals surface area contributed by atoms with Gasteiger partial charge in [0.05, 0.1) is 13.7 Å². The summed E-state index contributed by atoms with van der Waals surface area (Å²) >= 11 is 0. The molecule has 0 atom stereocenters. The SMILES string of the molecule is CCNCc1oc2c(OC)cc(C)cc2c1C. The third-order valence-corrected chi connectivity index (χ3v) is 3.00. The Bertz CT molecular complexity index is 528. The van der Waals surface area contributed by atoms with Crippen LogP contribution in [0.5, 0.6) is 5.75 Å². The van der Waals surface area contributed by atoms with E-state index >= 15 is 0 Å². The summed E-state index contributed by atoms with van der Waals surface area (Å²) in [6.07, 6.45) is 0. The van der Waals surface area contributed by atoms with Gasteiger partial charge in [0.1, 0.15) is 5.76 Å². The zero-order valence-electron chi connectivity index (χ0n) is 10.9. The van der Waals surface area contributed by atoms with Crippen LogP contribution in [0.15, 0.2) is 16.5 Å². The minimum absolute atomic E-state index is 0.763. The van der Waals surface area contributed by atoms with Crippen LogP contribution in [-0.4, -0.2) is 13.7 Å². The topological polar surface area (TPSA) is 34.4 Å². The van der Waals surface area contributed by atoms with Gasteiger partial charge in [-0.25, -0.2) is 0 Å². The summed E-state index contributed by atoms with van der Waals surface area (Å²) in [4.78, 5) is 0. The van der Waals surface area contributed by atoms with E-state index in [1.807, 2.05) is 6.07 Å². The van der Waals surface area contributed by atoms with Crippen molar-refractivity contribution in [1.29, 1.82) is 0 Å². The van der Waals surface area contributed by atoms with Crippen LogP contribution in [0, 0.1) is 13.8 Å². The summed E-state index contributed by atoms with van der Waals surface area (Å²) < 4.78 is 11.3. The maximum atomic E-state index is 5.89. The molecule has 0 fully saturated rings. The summed E-state index contributed by atoms with van der Waals surface area (Å²) in [6.45, 7) is 7.95. The van der Waals surface area contributed by atoms with E-state index in [-0.39, 0.29) is 0 Å². The van der Waals surface area contributed by atoms with Crippen molar-refractivity contribution in [3.63, 3.8) is 0 Å². The number of rotatable bonds is 4. The first-order valence-electron chi connectivity index (χ1n) is 5.94. The van der Waals surface area contributed by atoms with Gasteiger partial charge in [0.25, 0.3) is 0 Å². The molecular formula is C14H19NO2. The normalized spacial score (nSPS) is 11.1. The van der Waals surface area contributed by atoms with E-state index in [1.165, 1.54) is 11.1 Å². The van der Waals surface area contributed by atoms with Crippen LogP contribution in [-0.2, 0) is 6.54 Å². The van der Waals surface area contributed by atoms with E-state index in [4.69, 9.17) is 9.15 Å². The third-order valence-electron chi connectivity index (χ3n) is 3.00. The van der Waals surface area contributed by atoms with Crippen molar-refractivity contribution in [3.05, 3.63) is 29.0 Å². The number of benzene rings is 1. The molecule has 0 radical (unpaired) electrons. The standard InChI is InChI=1S/C14H19NO2/c1-5-15-8-13-10(3)11-6-9(2)7-12(16-4)14(11)17-13/h6-7,15H,5,8H2,1-4H3. The quantitative estimate of drug-likeness (QED) is 0.880. The Balaban J connectivity index is 2.56. The molecule has 0 bridgehead atoms. The van der Waals surface area contributed by atoms with E-state index < -0.39 is 0 Å². The molecule has 0 saturated carbocycles. The molecule has 0 aliphatic carbocycles. The Morgan fingerprint density at radius 3 is 2.71 bits per heavy atom. The number of hydrogen-bond donors (Lipinski definition) is 1. The molecule has 0 amide bonds. The maximum Gasteiger partial charge on any atom is 0.176 e. The lowest BCUT2D eigenvalue weighted by molar-refractivity contribution is 0.406. The Hall–Kier alpha value is -1.48. The van der Waals surface area contributed by atoms with E-state index in [1.54, 1.807) is 7.11 Å². The second-order valence-electron chi connectivity index (χ2n) is 4.27. The number of aryl methyl sites for hydroxylation is 2. The molecule has 0 spiro atoms.